The molecule has 1 aromatic carbocycles. The molecule has 0 aliphatic rings. The van der Waals surface area contributed by atoms with Crippen molar-refractivity contribution in [1.82, 2.24) is 4.98 Å². The fraction of sp³-hybridized carbons (Fsp3) is 0.167. The topological polar surface area (TPSA) is 113 Å². The third kappa shape index (κ3) is 3.12. The van der Waals surface area contributed by atoms with Crippen LogP contribution in [0.2, 0.25) is 0 Å². The molecule has 7 nitrogen and oxygen atoms in total. The molecule has 1 heterocycles. The van der Waals surface area contributed by atoms with Gasteiger partial charge in [0.2, 0.25) is 5.75 Å². The number of aromatic amines is 1. The lowest BCUT2D eigenvalue weighted by atomic mass is 10.0. The predicted molar refractivity (Wildman–Crippen MR) is 69.2 cm³/mol. The van der Waals surface area contributed by atoms with Gasteiger partial charge >= 0.3 is 29.0 Å². The zero-order valence-corrected chi connectivity index (χ0v) is 11.4. The maximum absolute atomic E-state index is 13.1. The lowest BCUT2D eigenvalue weighted by Crippen LogP contribution is -2.25. The molecule has 1 aromatic heterocycles. The molecule has 0 fully saturated rings. The van der Waals surface area contributed by atoms with Crippen molar-refractivity contribution in [2.24, 2.45) is 0 Å². The van der Waals surface area contributed by atoms with Gasteiger partial charge in [-0.15, -0.1) is 0 Å². The number of halogens is 6. The van der Waals surface area contributed by atoms with Gasteiger partial charge in [-0.25, -0.2) is 0 Å². The molecule has 0 atom stereocenters. The number of fused-ring (bicyclic) bond motifs is 1. The Labute approximate surface area is 131 Å². The Morgan fingerprint density at radius 1 is 1.04 bits per heavy atom. The summed E-state index contributed by atoms with van der Waals surface area (Å²) >= 11 is 0. The van der Waals surface area contributed by atoms with Gasteiger partial charge in [0.15, 0.2) is 0 Å². The number of nitrogens with zero attached hydrogens (tertiary/aromatic N) is 1. The Kier molecular flexibility index (Phi) is 3.98. The van der Waals surface area contributed by atoms with E-state index in [9.17, 15) is 51.2 Å². The van der Waals surface area contributed by atoms with Crippen molar-refractivity contribution < 1.29 is 36.4 Å². The van der Waals surface area contributed by atoms with E-state index in [0.717, 1.165) is 0 Å². The number of nitrogens with one attached hydrogen (secondary N) is 1. The number of benzene rings is 1. The first kappa shape index (κ1) is 18.2. The summed E-state index contributed by atoms with van der Waals surface area (Å²) < 4.78 is 77.6. The number of aromatic nitrogens is 1. The van der Waals surface area contributed by atoms with E-state index in [1.165, 1.54) is 4.98 Å². The summed E-state index contributed by atoms with van der Waals surface area (Å²) in [5, 5.41) is 19.0. The molecule has 2 rings (SSSR count). The van der Waals surface area contributed by atoms with Crippen LogP contribution in [-0.2, 0) is 12.4 Å². The van der Waals surface area contributed by atoms with Crippen molar-refractivity contribution in [3.63, 3.8) is 0 Å². The smallest absolute Gasteiger partial charge is 0.417 e. The van der Waals surface area contributed by atoms with E-state index in [1.54, 1.807) is 0 Å². The van der Waals surface area contributed by atoms with E-state index in [-0.39, 0.29) is 6.07 Å². The van der Waals surface area contributed by atoms with Crippen LogP contribution in [0.4, 0.5) is 32.0 Å². The van der Waals surface area contributed by atoms with Crippen LogP contribution in [0.3, 0.4) is 0 Å². The van der Waals surface area contributed by atoms with Gasteiger partial charge in [0.25, 0.3) is 0 Å². The lowest BCUT2D eigenvalue weighted by Gasteiger charge is -2.14. The number of hydrogen-bond donors (Lipinski definition) is 2. The average molecular weight is 370 g/mol. The second kappa shape index (κ2) is 5.46. The summed E-state index contributed by atoms with van der Waals surface area (Å²) in [5.74, 6) is -1.87. The minimum atomic E-state index is -5.49. The Balaban J connectivity index is 3.26. The predicted octanol–water partition coefficient (Wildman–Crippen LogP) is 2.54. The first-order valence-corrected chi connectivity index (χ1v) is 6.01. The van der Waals surface area contributed by atoms with E-state index < -0.39 is 67.8 Å². The summed E-state index contributed by atoms with van der Waals surface area (Å²) in [5.41, 5.74) is -11.0. The Morgan fingerprint density at radius 2 is 1.60 bits per heavy atom. The van der Waals surface area contributed by atoms with Crippen molar-refractivity contribution in [2.75, 3.05) is 0 Å². The summed E-state index contributed by atoms with van der Waals surface area (Å²) in [6, 6.07) is -0.372. The van der Waals surface area contributed by atoms with Gasteiger partial charge in [-0.1, -0.05) is 0 Å². The van der Waals surface area contributed by atoms with E-state index in [1.807, 2.05) is 0 Å². The number of rotatable bonds is 1. The minimum Gasteiger partial charge on any atom is -0.502 e. The zero-order chi connectivity index (χ0) is 19.3. The molecule has 0 amide bonds. The largest absolute Gasteiger partial charge is 0.502 e. The van der Waals surface area contributed by atoms with E-state index >= 15 is 0 Å². The van der Waals surface area contributed by atoms with Crippen molar-refractivity contribution in [1.29, 1.82) is 0 Å². The maximum atomic E-state index is 13.1. The van der Waals surface area contributed by atoms with Crippen LogP contribution in [0, 0.1) is 10.1 Å². The Bertz CT molecular complexity index is 1010. The van der Waals surface area contributed by atoms with Crippen LogP contribution in [0.1, 0.15) is 11.1 Å². The molecule has 0 aliphatic carbocycles. The monoisotopic (exact) mass is 370 g/mol. The van der Waals surface area contributed by atoms with Gasteiger partial charge < -0.3 is 10.1 Å². The highest BCUT2D eigenvalue weighted by Crippen LogP contribution is 2.43. The lowest BCUT2D eigenvalue weighted by molar-refractivity contribution is -0.386. The molecule has 0 aliphatic heterocycles. The van der Waals surface area contributed by atoms with Crippen LogP contribution in [-0.4, -0.2) is 15.0 Å². The first-order valence-electron chi connectivity index (χ1n) is 6.01. The number of H-pyrrole nitrogens is 1. The number of nitro groups is 1. The third-order valence-corrected chi connectivity index (χ3v) is 3.08. The van der Waals surface area contributed by atoms with Crippen LogP contribution in [0.25, 0.3) is 10.9 Å². The van der Waals surface area contributed by atoms with Crippen molar-refractivity contribution >= 4 is 16.6 Å². The number of aromatic hydroxyl groups is 1. The minimum absolute atomic E-state index is 0.0227. The van der Waals surface area contributed by atoms with Gasteiger partial charge in [0, 0.05) is 0 Å². The molecule has 134 valence electrons. The molecule has 0 unspecified atom stereocenters. The molecule has 0 saturated carbocycles. The van der Waals surface area contributed by atoms with Crippen LogP contribution in [0.15, 0.2) is 21.7 Å². The van der Waals surface area contributed by atoms with Gasteiger partial charge in [-0.05, 0) is 12.1 Å². The normalized spacial score (nSPS) is 12.4. The fourth-order valence-corrected chi connectivity index (χ4v) is 2.06. The number of alkyl halides is 6. The second-order valence-corrected chi connectivity index (χ2v) is 4.68. The molecule has 2 N–H and O–H groups in total. The molecule has 2 aromatic rings. The van der Waals surface area contributed by atoms with Crippen molar-refractivity contribution in [3.05, 3.63) is 54.0 Å². The van der Waals surface area contributed by atoms with Crippen LogP contribution < -0.4 is 11.0 Å². The molecular formula is C12H4F6N2O5. The molecule has 0 radical (unpaired) electrons. The molecule has 0 bridgehead atoms. The van der Waals surface area contributed by atoms with Crippen LogP contribution in [0.5, 0.6) is 5.75 Å². The van der Waals surface area contributed by atoms with Gasteiger partial charge in [-0.3, -0.25) is 19.7 Å². The molecule has 13 heteroatoms. The summed E-state index contributed by atoms with van der Waals surface area (Å²) in [6.07, 6.45) is -10.7. The van der Waals surface area contributed by atoms with E-state index in [4.69, 9.17) is 0 Å². The second-order valence-electron chi connectivity index (χ2n) is 4.68. The van der Waals surface area contributed by atoms with Gasteiger partial charge in [0.05, 0.1) is 27.0 Å². The van der Waals surface area contributed by atoms with E-state index in [0.29, 0.717) is 0 Å². The maximum Gasteiger partial charge on any atom is 0.417 e. The quantitative estimate of drug-likeness (QED) is 0.347. The molecule has 0 spiro atoms. The van der Waals surface area contributed by atoms with Crippen molar-refractivity contribution in [2.45, 2.75) is 12.4 Å². The molecular weight excluding hydrogens is 366 g/mol. The fourth-order valence-electron chi connectivity index (χ4n) is 2.06. The highest BCUT2D eigenvalue weighted by Gasteiger charge is 2.40. The summed E-state index contributed by atoms with van der Waals surface area (Å²) in [6.45, 7) is 0. The van der Waals surface area contributed by atoms with Crippen molar-refractivity contribution in [3.8, 4) is 5.75 Å². The standard InChI is InChI=1S/C12H4F6N2O5/c13-11(14,15)3-1-4(12(16,17)18)6-5(2-3)19-10(23)9(22)7(8(6)21)20(24)25/h1-2,21H,(H,19,22,23). The third-order valence-electron chi connectivity index (χ3n) is 3.08. The zero-order valence-electron chi connectivity index (χ0n) is 11.4. The first-order chi connectivity index (χ1) is 11.2. The summed E-state index contributed by atoms with van der Waals surface area (Å²) in [7, 11) is 0. The Morgan fingerprint density at radius 3 is 2.04 bits per heavy atom. The summed E-state index contributed by atoms with van der Waals surface area (Å²) in [4.78, 5) is 33.6. The highest BCUT2D eigenvalue weighted by molar-refractivity contribution is 5.91. The van der Waals surface area contributed by atoms with Crippen LogP contribution >= 0.6 is 0 Å². The Hall–Kier alpha value is -3.12. The SMILES string of the molecule is O=c1[nH]c2cc(C(F)(F)F)cc(C(F)(F)F)c2c(O)c([N+](=O)[O-])c1=O. The molecule has 0 saturated heterocycles. The van der Waals surface area contributed by atoms with Gasteiger partial charge in [0.1, 0.15) is 0 Å². The van der Waals surface area contributed by atoms with E-state index in [2.05, 4.69) is 0 Å². The molecule has 25 heavy (non-hydrogen) atoms. The number of hydrogen-bond acceptors (Lipinski definition) is 5. The van der Waals surface area contributed by atoms with Gasteiger partial charge in [-0.2, -0.15) is 26.3 Å². The average Bonchev–Trinajstić information content (AvgIpc) is 2.52. The highest BCUT2D eigenvalue weighted by atomic mass is 19.4.